The second-order valence-electron chi connectivity index (χ2n) is 5.15. The normalized spacial score (nSPS) is 11.5. The summed E-state index contributed by atoms with van der Waals surface area (Å²) < 4.78 is 5.89. The van der Waals surface area contributed by atoms with E-state index in [0.29, 0.717) is 11.4 Å². The lowest BCUT2D eigenvalue weighted by Crippen LogP contribution is -2.27. The minimum absolute atomic E-state index is 0.0257. The Labute approximate surface area is 113 Å². The highest BCUT2D eigenvalue weighted by molar-refractivity contribution is 6.06. The zero-order chi connectivity index (χ0) is 14.0. The van der Waals surface area contributed by atoms with Crippen molar-refractivity contribution in [2.45, 2.75) is 32.8 Å². The van der Waals surface area contributed by atoms with Gasteiger partial charge in [0.25, 0.3) is 0 Å². The van der Waals surface area contributed by atoms with Crippen LogP contribution in [0.2, 0.25) is 0 Å². The lowest BCUT2D eigenvalue weighted by atomic mass is 10.1. The summed E-state index contributed by atoms with van der Waals surface area (Å²) >= 11 is 0. The molecule has 1 aromatic carbocycles. The number of benzene rings is 1. The van der Waals surface area contributed by atoms with Crippen molar-refractivity contribution >= 4 is 16.7 Å². The van der Waals surface area contributed by atoms with Crippen LogP contribution in [-0.2, 0) is 0 Å². The number of nitrogens with zero attached hydrogens (tertiary/aromatic N) is 1. The first-order valence-corrected chi connectivity index (χ1v) is 6.36. The topological polar surface area (TPSA) is 72.0 Å². The number of hydrogen-bond donors (Lipinski definition) is 2. The number of ether oxygens (including phenoxy) is 1. The van der Waals surface area contributed by atoms with E-state index >= 15 is 0 Å². The molecule has 4 nitrogen and oxygen atoms in total. The number of amidine groups is 1. The van der Waals surface area contributed by atoms with Gasteiger partial charge < -0.3 is 10.5 Å². The summed E-state index contributed by atoms with van der Waals surface area (Å²) in [6, 6.07) is 9.37. The first-order chi connectivity index (χ1) is 8.93. The Morgan fingerprint density at radius 2 is 2.05 bits per heavy atom. The molecule has 2 rings (SSSR count). The summed E-state index contributed by atoms with van der Waals surface area (Å²) in [7, 11) is 0. The molecule has 100 valence electrons. The van der Waals surface area contributed by atoms with Gasteiger partial charge in [-0.2, -0.15) is 0 Å². The number of pyridine rings is 1. The molecule has 4 heteroatoms. The number of para-hydroxylation sites is 1. The Hall–Kier alpha value is -2.10. The molecule has 0 atom stereocenters. The molecule has 19 heavy (non-hydrogen) atoms. The summed E-state index contributed by atoms with van der Waals surface area (Å²) in [5.74, 6) is 0.536. The number of hydrogen-bond acceptors (Lipinski definition) is 3. The number of aromatic nitrogens is 1. The van der Waals surface area contributed by atoms with Gasteiger partial charge in [0, 0.05) is 17.0 Å². The van der Waals surface area contributed by atoms with Crippen molar-refractivity contribution in [3.8, 4) is 5.88 Å². The molecule has 0 aliphatic carbocycles. The van der Waals surface area contributed by atoms with Crippen LogP contribution in [0.4, 0.5) is 0 Å². The van der Waals surface area contributed by atoms with Crippen LogP contribution in [0.3, 0.4) is 0 Å². The highest BCUT2D eigenvalue weighted by Gasteiger charge is 2.19. The summed E-state index contributed by atoms with van der Waals surface area (Å²) in [6.45, 7) is 6.08. The standard InChI is InChI=1S/C15H19N3O/c1-4-15(2,3)19-13-9-11(14(16)17)10-7-5-6-8-12(10)18-13/h5-9H,4H2,1-3H3,(H3,16,17). The van der Waals surface area contributed by atoms with Crippen molar-refractivity contribution in [1.29, 1.82) is 5.41 Å². The van der Waals surface area contributed by atoms with Gasteiger partial charge in [0.15, 0.2) is 0 Å². The van der Waals surface area contributed by atoms with E-state index in [9.17, 15) is 0 Å². The molecule has 0 saturated carbocycles. The van der Waals surface area contributed by atoms with Gasteiger partial charge in [-0.15, -0.1) is 0 Å². The minimum Gasteiger partial charge on any atom is -0.472 e. The first-order valence-electron chi connectivity index (χ1n) is 6.36. The zero-order valence-corrected chi connectivity index (χ0v) is 11.5. The van der Waals surface area contributed by atoms with E-state index in [1.807, 2.05) is 38.1 Å². The van der Waals surface area contributed by atoms with E-state index in [1.54, 1.807) is 6.07 Å². The van der Waals surface area contributed by atoms with Crippen molar-refractivity contribution < 1.29 is 4.74 Å². The van der Waals surface area contributed by atoms with Crippen LogP contribution in [0.25, 0.3) is 10.9 Å². The third kappa shape index (κ3) is 2.84. The first kappa shape index (κ1) is 13.3. The van der Waals surface area contributed by atoms with Crippen molar-refractivity contribution in [2.75, 3.05) is 0 Å². The van der Waals surface area contributed by atoms with Crippen molar-refractivity contribution in [2.24, 2.45) is 5.73 Å². The SMILES string of the molecule is CCC(C)(C)Oc1cc(C(=N)N)c2ccccc2n1. The summed E-state index contributed by atoms with van der Waals surface area (Å²) in [4.78, 5) is 4.48. The maximum Gasteiger partial charge on any atom is 0.215 e. The predicted molar refractivity (Wildman–Crippen MR) is 77.8 cm³/mol. The monoisotopic (exact) mass is 257 g/mol. The Morgan fingerprint density at radius 1 is 1.37 bits per heavy atom. The molecule has 3 N–H and O–H groups in total. The van der Waals surface area contributed by atoms with Gasteiger partial charge >= 0.3 is 0 Å². The van der Waals surface area contributed by atoms with E-state index in [4.69, 9.17) is 15.9 Å². The van der Waals surface area contributed by atoms with Crippen molar-refractivity contribution in [1.82, 2.24) is 4.98 Å². The quantitative estimate of drug-likeness (QED) is 0.653. The van der Waals surface area contributed by atoms with Crippen molar-refractivity contribution in [3.63, 3.8) is 0 Å². The smallest absolute Gasteiger partial charge is 0.215 e. The van der Waals surface area contributed by atoms with Gasteiger partial charge in [-0.05, 0) is 26.3 Å². The van der Waals surface area contributed by atoms with Gasteiger partial charge in [0.2, 0.25) is 5.88 Å². The fourth-order valence-corrected chi connectivity index (χ4v) is 1.78. The van der Waals surface area contributed by atoms with Gasteiger partial charge in [0.1, 0.15) is 11.4 Å². The molecule has 1 aromatic heterocycles. The average molecular weight is 257 g/mol. The Morgan fingerprint density at radius 3 is 2.68 bits per heavy atom. The molecule has 0 spiro atoms. The Bertz CT molecular complexity index is 620. The van der Waals surface area contributed by atoms with Crippen LogP contribution in [0, 0.1) is 5.41 Å². The van der Waals surface area contributed by atoms with Gasteiger partial charge in [0.05, 0.1) is 5.52 Å². The van der Waals surface area contributed by atoms with E-state index < -0.39 is 0 Å². The predicted octanol–water partition coefficient (Wildman–Crippen LogP) is 3.09. The molecule has 0 unspecified atom stereocenters. The van der Waals surface area contributed by atoms with Crippen molar-refractivity contribution in [3.05, 3.63) is 35.9 Å². The maximum atomic E-state index is 7.68. The molecule has 0 aliphatic heterocycles. The number of nitrogens with two attached hydrogens (primary N) is 1. The molecule has 2 aromatic rings. The summed E-state index contributed by atoms with van der Waals surface area (Å²) in [5, 5.41) is 8.56. The van der Waals surface area contributed by atoms with Crippen LogP contribution in [0.15, 0.2) is 30.3 Å². The fourth-order valence-electron chi connectivity index (χ4n) is 1.78. The molecule has 0 aliphatic rings. The maximum absolute atomic E-state index is 7.68. The summed E-state index contributed by atoms with van der Waals surface area (Å²) in [6.07, 6.45) is 0.872. The van der Waals surface area contributed by atoms with Crippen LogP contribution in [-0.4, -0.2) is 16.4 Å². The van der Waals surface area contributed by atoms with E-state index in [1.165, 1.54) is 0 Å². The van der Waals surface area contributed by atoms with Crippen LogP contribution in [0.1, 0.15) is 32.8 Å². The molecule has 0 saturated heterocycles. The van der Waals surface area contributed by atoms with Crippen LogP contribution in [0.5, 0.6) is 5.88 Å². The highest BCUT2D eigenvalue weighted by atomic mass is 16.5. The Kier molecular flexibility index (Phi) is 3.42. The van der Waals surface area contributed by atoms with Gasteiger partial charge in [-0.1, -0.05) is 25.1 Å². The van der Waals surface area contributed by atoms with Gasteiger partial charge in [-0.25, -0.2) is 4.98 Å². The minimum atomic E-state index is -0.288. The molecule has 0 amide bonds. The van der Waals surface area contributed by atoms with E-state index in [-0.39, 0.29) is 11.4 Å². The van der Waals surface area contributed by atoms with Gasteiger partial charge in [-0.3, -0.25) is 5.41 Å². The number of nitrogen functional groups attached to an aromatic ring is 1. The van der Waals surface area contributed by atoms with E-state index in [2.05, 4.69) is 11.9 Å². The molecule has 1 heterocycles. The number of rotatable bonds is 4. The Balaban J connectivity index is 2.55. The largest absolute Gasteiger partial charge is 0.472 e. The average Bonchev–Trinajstić information content (AvgIpc) is 2.37. The third-order valence-corrected chi connectivity index (χ3v) is 3.22. The molecule has 0 radical (unpaired) electrons. The highest BCUT2D eigenvalue weighted by Crippen LogP contribution is 2.25. The molecular formula is C15H19N3O. The molecule has 0 fully saturated rings. The zero-order valence-electron chi connectivity index (χ0n) is 11.5. The van der Waals surface area contributed by atoms with E-state index in [0.717, 1.165) is 17.3 Å². The fraction of sp³-hybridized carbons (Fsp3) is 0.333. The molecular weight excluding hydrogens is 238 g/mol. The lowest BCUT2D eigenvalue weighted by Gasteiger charge is -2.24. The van der Waals surface area contributed by atoms with Crippen LogP contribution < -0.4 is 10.5 Å². The molecule has 0 bridgehead atoms. The number of fused-ring (bicyclic) bond motifs is 1. The summed E-state index contributed by atoms with van der Waals surface area (Å²) in [5.41, 5.74) is 6.81. The second kappa shape index (κ2) is 4.88. The number of nitrogens with one attached hydrogen (secondary N) is 1. The third-order valence-electron chi connectivity index (χ3n) is 3.22. The lowest BCUT2D eigenvalue weighted by molar-refractivity contribution is 0.0995. The second-order valence-corrected chi connectivity index (χ2v) is 5.15. The van der Waals surface area contributed by atoms with Crippen LogP contribution >= 0.6 is 0 Å².